The Labute approximate surface area is 214 Å². The Bertz CT molecular complexity index is 1330. The number of aromatic nitrogens is 2. The number of urea groups is 1. The van der Waals surface area contributed by atoms with E-state index in [1.807, 2.05) is 24.3 Å². The highest BCUT2D eigenvalue weighted by atomic mass is 16.2. The summed E-state index contributed by atoms with van der Waals surface area (Å²) in [6, 6.07) is 8.25. The van der Waals surface area contributed by atoms with Crippen molar-refractivity contribution in [3.63, 3.8) is 0 Å². The molecule has 1 aliphatic heterocycles. The molecule has 194 valence electrons. The van der Waals surface area contributed by atoms with Crippen LogP contribution in [-0.4, -0.2) is 69.4 Å². The van der Waals surface area contributed by atoms with Gasteiger partial charge in [0.25, 0.3) is 5.91 Å². The lowest BCUT2D eigenvalue weighted by atomic mass is 10.0. The van der Waals surface area contributed by atoms with E-state index in [1.165, 1.54) is 4.90 Å². The predicted octanol–water partition coefficient (Wildman–Crippen LogP) is 0.788. The molecular weight excluding hydrogens is 474 g/mol. The number of carbonyl (C=O) groups excluding carboxylic acids is 4. The van der Waals surface area contributed by atoms with Crippen molar-refractivity contribution in [3.05, 3.63) is 72.7 Å². The number of carbonyl (C=O) groups is 4. The summed E-state index contributed by atoms with van der Waals surface area (Å²) in [6.45, 7) is 3.98. The minimum absolute atomic E-state index is 0.132. The van der Waals surface area contributed by atoms with Crippen LogP contribution in [-0.2, 0) is 23.1 Å². The largest absolute Gasteiger partial charge is 0.368 e. The Hall–Kier alpha value is -4.54. The van der Waals surface area contributed by atoms with Crippen LogP contribution >= 0.6 is 0 Å². The summed E-state index contributed by atoms with van der Waals surface area (Å²) in [5.41, 5.74) is 7.80. The third kappa shape index (κ3) is 5.66. The van der Waals surface area contributed by atoms with Gasteiger partial charge in [0.15, 0.2) is 0 Å². The third-order valence-electron chi connectivity index (χ3n) is 6.53. The second kappa shape index (κ2) is 11.0. The molecule has 1 fully saturated rings. The molecule has 3 unspecified atom stereocenters. The van der Waals surface area contributed by atoms with Crippen molar-refractivity contribution in [2.75, 3.05) is 13.1 Å². The van der Waals surface area contributed by atoms with Crippen LogP contribution in [0.2, 0.25) is 0 Å². The lowest BCUT2D eigenvalue weighted by Gasteiger charge is -2.25. The van der Waals surface area contributed by atoms with Crippen LogP contribution < -0.4 is 21.7 Å². The maximum Gasteiger partial charge on any atom is 0.315 e. The lowest BCUT2D eigenvalue weighted by Crippen LogP contribution is -2.53. The Morgan fingerprint density at radius 2 is 2.00 bits per heavy atom. The molecule has 1 aromatic carbocycles. The molecule has 0 radical (unpaired) electrons. The second-order valence-corrected chi connectivity index (χ2v) is 9.08. The fraction of sp³-hybridized carbons (Fsp3) is 0.308. The molecular formula is C26H31N7O4. The van der Waals surface area contributed by atoms with E-state index < -0.39 is 36.0 Å². The van der Waals surface area contributed by atoms with Gasteiger partial charge >= 0.3 is 6.03 Å². The first-order valence-corrected chi connectivity index (χ1v) is 12.0. The molecule has 11 nitrogen and oxygen atoms in total. The number of fused-ring (bicyclic) bond motifs is 1. The molecule has 1 saturated heterocycles. The van der Waals surface area contributed by atoms with Crippen LogP contribution in [0.1, 0.15) is 22.5 Å². The molecule has 11 heteroatoms. The highest BCUT2D eigenvalue weighted by molar-refractivity contribution is 5.98. The topological polar surface area (TPSA) is 154 Å². The number of primary amides is 1. The lowest BCUT2D eigenvalue weighted by molar-refractivity contribution is -0.129. The van der Waals surface area contributed by atoms with Crippen molar-refractivity contribution in [2.24, 2.45) is 12.8 Å². The minimum atomic E-state index is -0.985. The monoisotopic (exact) mass is 505 g/mol. The maximum absolute atomic E-state index is 13.5. The number of benzene rings is 1. The summed E-state index contributed by atoms with van der Waals surface area (Å²) in [5.74, 6) is -1.55. The van der Waals surface area contributed by atoms with Crippen LogP contribution in [0.5, 0.6) is 0 Å². The molecule has 0 aliphatic carbocycles. The first-order valence-electron chi connectivity index (χ1n) is 12.0. The quantitative estimate of drug-likeness (QED) is 0.273. The highest BCUT2D eigenvalue weighted by Gasteiger charge is 2.42. The van der Waals surface area contributed by atoms with E-state index in [0.29, 0.717) is 5.69 Å². The Morgan fingerprint density at radius 1 is 1.22 bits per heavy atom. The Kier molecular flexibility index (Phi) is 7.61. The van der Waals surface area contributed by atoms with Gasteiger partial charge < -0.3 is 36.1 Å². The summed E-state index contributed by atoms with van der Waals surface area (Å²) in [5, 5.41) is 9.11. The third-order valence-corrected chi connectivity index (χ3v) is 6.53. The normalized spacial score (nSPS) is 17.8. The van der Waals surface area contributed by atoms with Gasteiger partial charge in [0, 0.05) is 49.9 Å². The number of aryl methyl sites for hydroxylation is 1. The summed E-state index contributed by atoms with van der Waals surface area (Å²) < 4.78 is 1.66. The first kappa shape index (κ1) is 25.5. The summed E-state index contributed by atoms with van der Waals surface area (Å²) in [6.07, 6.45) is 5.45. The van der Waals surface area contributed by atoms with Gasteiger partial charge in [0.05, 0.1) is 6.04 Å². The number of amides is 5. The van der Waals surface area contributed by atoms with E-state index in [0.717, 1.165) is 16.5 Å². The number of para-hydroxylation sites is 1. The Balaban J connectivity index is 1.53. The predicted molar refractivity (Wildman–Crippen MR) is 139 cm³/mol. The average Bonchev–Trinajstić information content (AvgIpc) is 3.60. The Morgan fingerprint density at radius 3 is 2.70 bits per heavy atom. The van der Waals surface area contributed by atoms with Gasteiger partial charge in [-0.1, -0.05) is 24.3 Å². The highest BCUT2D eigenvalue weighted by Crippen LogP contribution is 2.23. The fourth-order valence-electron chi connectivity index (χ4n) is 4.66. The zero-order chi connectivity index (χ0) is 26.5. The molecule has 37 heavy (non-hydrogen) atoms. The number of aromatic amines is 1. The van der Waals surface area contributed by atoms with E-state index in [9.17, 15) is 19.2 Å². The number of hydrogen-bond donors (Lipinski definition) is 5. The SMILES string of the molecule is C=CCNC(=O)NC1CC(C(=O)NC(Cc2c[nH]c3ccccc23)C(N)=O)N(C(=O)c2cccn2C)C1. The molecule has 0 saturated carbocycles. The van der Waals surface area contributed by atoms with Crippen molar-refractivity contribution in [3.8, 4) is 0 Å². The molecule has 2 aromatic heterocycles. The molecule has 3 atom stereocenters. The van der Waals surface area contributed by atoms with Crippen molar-refractivity contribution >= 4 is 34.7 Å². The van der Waals surface area contributed by atoms with Crippen molar-refractivity contribution in [1.82, 2.24) is 30.4 Å². The molecule has 0 spiro atoms. The van der Waals surface area contributed by atoms with Gasteiger partial charge in [-0.3, -0.25) is 14.4 Å². The van der Waals surface area contributed by atoms with Gasteiger partial charge in [-0.2, -0.15) is 0 Å². The van der Waals surface area contributed by atoms with E-state index in [1.54, 1.807) is 42.2 Å². The van der Waals surface area contributed by atoms with Gasteiger partial charge in [-0.15, -0.1) is 6.58 Å². The van der Waals surface area contributed by atoms with Crippen molar-refractivity contribution in [1.29, 1.82) is 0 Å². The standard InChI is InChI=1S/C26H31N7O4/c1-3-10-28-26(37)30-17-13-22(33(15-17)25(36)21-9-6-11-32(21)2)24(35)31-20(23(27)34)12-16-14-29-19-8-5-4-7-18(16)19/h3-9,11,14,17,20,22,29H,1,10,12-13,15H2,2H3,(H2,27,34)(H,31,35)(H2,28,30,37). The van der Waals surface area contributed by atoms with Gasteiger partial charge in [0.1, 0.15) is 17.8 Å². The number of hydrogen-bond acceptors (Lipinski definition) is 4. The fourth-order valence-corrected chi connectivity index (χ4v) is 4.66. The van der Waals surface area contributed by atoms with E-state index in [-0.39, 0.29) is 31.8 Å². The van der Waals surface area contributed by atoms with Crippen LogP contribution in [0, 0.1) is 0 Å². The molecule has 3 heterocycles. The molecule has 1 aliphatic rings. The second-order valence-electron chi connectivity index (χ2n) is 9.08. The van der Waals surface area contributed by atoms with Crippen LogP contribution in [0.3, 0.4) is 0 Å². The molecule has 6 N–H and O–H groups in total. The van der Waals surface area contributed by atoms with Crippen molar-refractivity contribution < 1.29 is 19.2 Å². The number of H-pyrrole nitrogens is 1. The van der Waals surface area contributed by atoms with Crippen LogP contribution in [0.15, 0.2) is 61.4 Å². The number of likely N-dealkylation sites (tertiary alicyclic amines) is 1. The van der Waals surface area contributed by atoms with Gasteiger partial charge in [-0.25, -0.2) is 4.79 Å². The summed E-state index contributed by atoms with van der Waals surface area (Å²) >= 11 is 0. The number of nitrogens with one attached hydrogen (secondary N) is 4. The number of nitrogens with zero attached hydrogens (tertiary/aromatic N) is 2. The number of nitrogens with two attached hydrogens (primary N) is 1. The van der Waals surface area contributed by atoms with E-state index in [4.69, 9.17) is 5.73 Å². The van der Waals surface area contributed by atoms with Crippen molar-refractivity contribution in [2.45, 2.75) is 31.0 Å². The van der Waals surface area contributed by atoms with Crippen LogP contribution in [0.4, 0.5) is 4.79 Å². The molecule has 0 bridgehead atoms. The smallest absolute Gasteiger partial charge is 0.315 e. The minimum Gasteiger partial charge on any atom is -0.368 e. The average molecular weight is 506 g/mol. The van der Waals surface area contributed by atoms with E-state index in [2.05, 4.69) is 27.5 Å². The van der Waals surface area contributed by atoms with Crippen LogP contribution in [0.25, 0.3) is 10.9 Å². The summed E-state index contributed by atoms with van der Waals surface area (Å²) in [4.78, 5) is 55.9. The zero-order valence-corrected chi connectivity index (χ0v) is 20.6. The maximum atomic E-state index is 13.5. The van der Waals surface area contributed by atoms with E-state index >= 15 is 0 Å². The zero-order valence-electron chi connectivity index (χ0n) is 20.6. The van der Waals surface area contributed by atoms with Gasteiger partial charge in [0.2, 0.25) is 11.8 Å². The summed E-state index contributed by atoms with van der Waals surface area (Å²) in [7, 11) is 1.74. The molecule has 4 rings (SSSR count). The molecule has 5 amide bonds. The molecule has 3 aromatic rings. The number of rotatable bonds is 9. The van der Waals surface area contributed by atoms with Gasteiger partial charge in [-0.05, 0) is 30.2 Å². The first-order chi connectivity index (χ1) is 17.8.